The minimum Gasteiger partial charge on any atom is -0.387 e. The van der Waals surface area contributed by atoms with Gasteiger partial charge in [0.15, 0.2) is 0 Å². The van der Waals surface area contributed by atoms with Crippen molar-refractivity contribution in [2.24, 2.45) is 0 Å². The second-order valence-corrected chi connectivity index (χ2v) is 13.4. The van der Waals surface area contributed by atoms with Gasteiger partial charge in [0.2, 0.25) is 5.91 Å². The van der Waals surface area contributed by atoms with Crippen molar-refractivity contribution in [3.63, 3.8) is 0 Å². The van der Waals surface area contributed by atoms with E-state index in [0.29, 0.717) is 24.7 Å². The fraction of sp³-hybridized carbons (Fsp3) is 0.341. The molecule has 262 valence electrons. The number of pyridine rings is 1. The Kier molecular flexibility index (Phi) is 12.5. The van der Waals surface area contributed by atoms with Crippen LogP contribution in [0.5, 0.6) is 0 Å². The van der Waals surface area contributed by atoms with Crippen LogP contribution >= 0.6 is 0 Å². The van der Waals surface area contributed by atoms with Crippen LogP contribution in [-0.2, 0) is 24.2 Å². The smallest absolute Gasteiger partial charge is 0.251 e. The summed E-state index contributed by atoms with van der Waals surface area (Å²) in [6.07, 6.45) is 4.52. The summed E-state index contributed by atoms with van der Waals surface area (Å²) in [5.41, 5.74) is 6.12. The van der Waals surface area contributed by atoms with Gasteiger partial charge < -0.3 is 31.1 Å². The lowest BCUT2D eigenvalue weighted by Crippen LogP contribution is -2.37. The van der Waals surface area contributed by atoms with Gasteiger partial charge in [-0.3, -0.25) is 9.59 Å². The van der Waals surface area contributed by atoms with E-state index in [-0.39, 0.29) is 24.3 Å². The molecule has 2 amide bonds. The minimum absolute atomic E-state index is 0.0908. The molecule has 5 rings (SSSR count). The standard InChI is InChI=1S/C41H49N5O4/c1-27(42-26-37(47)36-19-20-38(43-25-36)46-28(2)13-14-29(46)3)21-32-9-8-10-33(22-32)23-39(48)44-24-31-15-17-35(18-16-31)41(50)45-30(4)40(49)34-11-6-5-7-12-34/h5-13,15-20,22,25,27,29-30,37,40,42,47,49H,14,21,23-24,26H2,1-4H3,(H,44,48)(H,45,50). The minimum atomic E-state index is -0.812. The van der Waals surface area contributed by atoms with Crippen molar-refractivity contribution in [3.8, 4) is 0 Å². The van der Waals surface area contributed by atoms with E-state index in [2.05, 4.69) is 64.8 Å². The fourth-order valence-electron chi connectivity index (χ4n) is 6.29. The Morgan fingerprint density at radius 2 is 1.64 bits per heavy atom. The Morgan fingerprint density at radius 1 is 0.900 bits per heavy atom. The Hall–Kier alpha value is -4.83. The van der Waals surface area contributed by atoms with Crippen molar-refractivity contribution in [1.29, 1.82) is 0 Å². The monoisotopic (exact) mass is 675 g/mol. The Bertz CT molecular complexity index is 1740. The molecule has 0 bridgehead atoms. The molecule has 9 heteroatoms. The number of anilines is 1. The highest BCUT2D eigenvalue weighted by Gasteiger charge is 2.22. The molecule has 5 N–H and O–H groups in total. The van der Waals surface area contributed by atoms with Gasteiger partial charge in [-0.25, -0.2) is 4.98 Å². The number of aliphatic hydroxyl groups excluding tert-OH is 2. The first kappa shape index (κ1) is 36.5. The van der Waals surface area contributed by atoms with Gasteiger partial charge in [-0.2, -0.15) is 0 Å². The third-order valence-corrected chi connectivity index (χ3v) is 9.21. The number of rotatable bonds is 15. The maximum absolute atomic E-state index is 12.8. The highest BCUT2D eigenvalue weighted by molar-refractivity contribution is 5.94. The van der Waals surface area contributed by atoms with Crippen molar-refractivity contribution in [2.75, 3.05) is 11.4 Å². The van der Waals surface area contributed by atoms with E-state index in [1.165, 1.54) is 5.70 Å². The van der Waals surface area contributed by atoms with Gasteiger partial charge in [-0.1, -0.05) is 78.9 Å². The SMILES string of the molecule is CC1=CCC(C)N1c1ccc(C(O)CNC(C)Cc2cccc(CC(=O)NCc3ccc(C(=O)NC(C)C(O)c4ccccc4)cc3)c2)cn1. The largest absolute Gasteiger partial charge is 0.387 e. The molecule has 0 fully saturated rings. The topological polar surface area (TPSA) is 127 Å². The van der Waals surface area contributed by atoms with Crippen molar-refractivity contribution in [2.45, 2.75) is 83.8 Å². The van der Waals surface area contributed by atoms with Crippen LogP contribution in [-0.4, -0.2) is 51.7 Å². The zero-order valence-corrected chi connectivity index (χ0v) is 29.3. The van der Waals surface area contributed by atoms with Crippen LogP contribution in [0.4, 0.5) is 5.82 Å². The predicted molar refractivity (Wildman–Crippen MR) is 197 cm³/mol. The molecular formula is C41H49N5O4. The van der Waals surface area contributed by atoms with E-state index in [9.17, 15) is 19.8 Å². The van der Waals surface area contributed by atoms with Gasteiger partial charge in [-0.15, -0.1) is 0 Å². The number of nitrogens with one attached hydrogen (secondary N) is 3. The number of amides is 2. The third kappa shape index (κ3) is 9.88. The fourth-order valence-corrected chi connectivity index (χ4v) is 6.29. The van der Waals surface area contributed by atoms with E-state index in [1.807, 2.05) is 66.7 Å². The summed E-state index contributed by atoms with van der Waals surface area (Å²) >= 11 is 0. The number of benzene rings is 3. The van der Waals surface area contributed by atoms with Gasteiger partial charge in [0.1, 0.15) is 5.82 Å². The number of nitrogens with zero attached hydrogens (tertiary/aromatic N) is 2. The van der Waals surface area contributed by atoms with E-state index in [0.717, 1.165) is 46.5 Å². The number of aromatic nitrogens is 1. The molecule has 0 spiro atoms. The number of hydrogen-bond donors (Lipinski definition) is 5. The summed E-state index contributed by atoms with van der Waals surface area (Å²) in [5, 5.41) is 30.6. The second-order valence-electron chi connectivity index (χ2n) is 13.4. The molecule has 4 aromatic rings. The zero-order valence-electron chi connectivity index (χ0n) is 29.3. The van der Waals surface area contributed by atoms with Gasteiger partial charge >= 0.3 is 0 Å². The van der Waals surface area contributed by atoms with Crippen molar-refractivity contribution >= 4 is 17.6 Å². The third-order valence-electron chi connectivity index (χ3n) is 9.21. The van der Waals surface area contributed by atoms with E-state index in [1.54, 1.807) is 25.3 Å². The van der Waals surface area contributed by atoms with E-state index < -0.39 is 18.2 Å². The van der Waals surface area contributed by atoms with Crippen molar-refractivity contribution < 1.29 is 19.8 Å². The van der Waals surface area contributed by atoms with Gasteiger partial charge in [0.25, 0.3) is 5.91 Å². The Balaban J connectivity index is 1.03. The number of carbonyl (C=O) groups is 2. The summed E-state index contributed by atoms with van der Waals surface area (Å²) in [5.74, 6) is 0.538. The van der Waals surface area contributed by atoms with Crippen LogP contribution in [0.2, 0.25) is 0 Å². The highest BCUT2D eigenvalue weighted by atomic mass is 16.3. The normalized spacial score (nSPS) is 16.6. The molecular weight excluding hydrogens is 626 g/mol. The Labute approximate surface area is 295 Å². The van der Waals surface area contributed by atoms with E-state index >= 15 is 0 Å². The number of aliphatic hydroxyl groups is 2. The average molecular weight is 676 g/mol. The molecule has 2 heterocycles. The summed E-state index contributed by atoms with van der Waals surface area (Å²) in [4.78, 5) is 32.4. The summed E-state index contributed by atoms with van der Waals surface area (Å²) in [7, 11) is 0. The van der Waals surface area contributed by atoms with Gasteiger partial charge in [-0.05, 0) is 81.0 Å². The van der Waals surface area contributed by atoms with Crippen LogP contribution in [0.15, 0.2) is 109 Å². The molecule has 9 nitrogen and oxygen atoms in total. The van der Waals surface area contributed by atoms with Crippen LogP contribution in [0.1, 0.15) is 84.5 Å². The van der Waals surface area contributed by atoms with Crippen molar-refractivity contribution in [1.82, 2.24) is 20.9 Å². The van der Waals surface area contributed by atoms with Crippen LogP contribution in [0, 0.1) is 0 Å². The highest BCUT2D eigenvalue weighted by Crippen LogP contribution is 2.28. The number of allylic oxidation sites excluding steroid dienone is 1. The molecule has 1 aliphatic rings. The van der Waals surface area contributed by atoms with Crippen LogP contribution < -0.4 is 20.9 Å². The quantitative estimate of drug-likeness (QED) is 0.112. The van der Waals surface area contributed by atoms with Gasteiger partial charge in [0, 0.05) is 48.2 Å². The number of carbonyl (C=O) groups excluding carboxylic acids is 2. The number of hydrogen-bond acceptors (Lipinski definition) is 7. The second kappa shape index (κ2) is 17.2. The Morgan fingerprint density at radius 3 is 2.32 bits per heavy atom. The lowest BCUT2D eigenvalue weighted by Gasteiger charge is -2.25. The molecule has 0 saturated heterocycles. The first-order valence-corrected chi connectivity index (χ1v) is 17.4. The van der Waals surface area contributed by atoms with Crippen LogP contribution in [0.25, 0.3) is 0 Å². The predicted octanol–water partition coefficient (Wildman–Crippen LogP) is 5.55. The molecule has 0 aliphatic carbocycles. The molecule has 0 radical (unpaired) electrons. The molecule has 1 aliphatic heterocycles. The first-order chi connectivity index (χ1) is 24.1. The maximum Gasteiger partial charge on any atom is 0.251 e. The van der Waals surface area contributed by atoms with Crippen LogP contribution in [0.3, 0.4) is 0 Å². The summed E-state index contributed by atoms with van der Waals surface area (Å²) in [6.45, 7) is 8.89. The average Bonchev–Trinajstić information content (AvgIpc) is 3.47. The molecule has 5 unspecified atom stereocenters. The summed E-state index contributed by atoms with van der Waals surface area (Å²) in [6, 6.07) is 28.3. The molecule has 3 aromatic carbocycles. The lowest BCUT2D eigenvalue weighted by molar-refractivity contribution is -0.120. The zero-order chi connectivity index (χ0) is 35.6. The molecule has 5 atom stereocenters. The molecule has 0 saturated carbocycles. The molecule has 50 heavy (non-hydrogen) atoms. The van der Waals surface area contributed by atoms with E-state index in [4.69, 9.17) is 0 Å². The summed E-state index contributed by atoms with van der Waals surface area (Å²) < 4.78 is 0. The lowest BCUT2D eigenvalue weighted by atomic mass is 10.0. The van der Waals surface area contributed by atoms with Crippen molar-refractivity contribution in [3.05, 3.63) is 142 Å². The first-order valence-electron chi connectivity index (χ1n) is 17.4. The maximum atomic E-state index is 12.8. The van der Waals surface area contributed by atoms with Gasteiger partial charge in [0.05, 0.1) is 24.7 Å². The molecule has 1 aromatic heterocycles.